The van der Waals surface area contributed by atoms with Crippen molar-refractivity contribution >= 4 is 5.91 Å². The monoisotopic (exact) mass is 344 g/mol. The Morgan fingerprint density at radius 1 is 1.16 bits per heavy atom. The molecule has 3 aliphatic heterocycles. The number of benzene rings is 1. The van der Waals surface area contributed by atoms with Crippen molar-refractivity contribution in [3.05, 3.63) is 23.8 Å². The van der Waals surface area contributed by atoms with Gasteiger partial charge in [-0.25, -0.2) is 0 Å². The summed E-state index contributed by atoms with van der Waals surface area (Å²) in [6.07, 6.45) is 3.44. The molecule has 0 unspecified atom stereocenters. The summed E-state index contributed by atoms with van der Waals surface area (Å²) in [6.45, 7) is 3.57. The van der Waals surface area contributed by atoms with Crippen LogP contribution in [-0.4, -0.2) is 49.4 Å². The number of hydrogen-bond acceptors (Lipinski definition) is 5. The van der Waals surface area contributed by atoms with Gasteiger partial charge in [0, 0.05) is 38.2 Å². The van der Waals surface area contributed by atoms with Gasteiger partial charge in [-0.15, -0.1) is 0 Å². The molecule has 6 nitrogen and oxygen atoms in total. The van der Waals surface area contributed by atoms with Crippen molar-refractivity contribution in [3.8, 4) is 11.5 Å². The second-order valence-electron chi connectivity index (χ2n) is 7.63. The van der Waals surface area contributed by atoms with E-state index in [1.165, 1.54) is 5.56 Å². The molecule has 1 amide bonds. The summed E-state index contributed by atoms with van der Waals surface area (Å²) < 4.78 is 16.8. The van der Waals surface area contributed by atoms with Crippen LogP contribution in [0.2, 0.25) is 0 Å². The maximum absolute atomic E-state index is 12.7. The van der Waals surface area contributed by atoms with E-state index in [1.54, 1.807) is 0 Å². The lowest BCUT2D eigenvalue weighted by Crippen LogP contribution is -2.52. The smallest absolute Gasteiger partial charge is 0.231 e. The van der Waals surface area contributed by atoms with Gasteiger partial charge in [-0.2, -0.15) is 0 Å². The maximum Gasteiger partial charge on any atom is 0.231 e. The highest BCUT2D eigenvalue weighted by Crippen LogP contribution is 2.36. The van der Waals surface area contributed by atoms with Crippen LogP contribution in [0, 0.1) is 11.8 Å². The van der Waals surface area contributed by atoms with Crippen LogP contribution in [0.3, 0.4) is 0 Å². The molecule has 1 N–H and O–H groups in total. The zero-order valence-corrected chi connectivity index (χ0v) is 14.3. The molecular weight excluding hydrogens is 320 g/mol. The number of carbonyl (C=O) groups excluding carboxylic acids is 1. The molecule has 134 valence electrons. The molecule has 1 aliphatic carbocycles. The minimum Gasteiger partial charge on any atom is -0.454 e. The molecule has 25 heavy (non-hydrogen) atoms. The first-order valence-corrected chi connectivity index (χ1v) is 9.29. The third-order valence-corrected chi connectivity index (χ3v) is 5.77. The molecule has 3 fully saturated rings. The Morgan fingerprint density at radius 3 is 2.92 bits per heavy atom. The molecule has 5 rings (SSSR count). The van der Waals surface area contributed by atoms with Crippen molar-refractivity contribution in [2.45, 2.75) is 38.0 Å². The second kappa shape index (κ2) is 6.18. The Labute approximate surface area is 147 Å². The van der Waals surface area contributed by atoms with Gasteiger partial charge in [0.25, 0.3) is 0 Å². The fourth-order valence-electron chi connectivity index (χ4n) is 4.30. The molecule has 2 saturated heterocycles. The Balaban J connectivity index is 1.30. The van der Waals surface area contributed by atoms with Gasteiger partial charge in [0.15, 0.2) is 11.5 Å². The molecule has 0 aromatic heterocycles. The number of nitrogens with zero attached hydrogens (tertiary/aromatic N) is 1. The zero-order chi connectivity index (χ0) is 16.8. The van der Waals surface area contributed by atoms with Gasteiger partial charge in [0.05, 0.1) is 12.0 Å². The van der Waals surface area contributed by atoms with Crippen molar-refractivity contribution in [1.82, 2.24) is 10.2 Å². The van der Waals surface area contributed by atoms with Crippen LogP contribution < -0.4 is 14.8 Å². The third-order valence-electron chi connectivity index (χ3n) is 5.77. The summed E-state index contributed by atoms with van der Waals surface area (Å²) >= 11 is 0. The van der Waals surface area contributed by atoms with E-state index in [9.17, 15) is 4.79 Å². The number of amides is 1. The summed E-state index contributed by atoms with van der Waals surface area (Å²) in [6, 6.07) is 6.50. The lowest BCUT2D eigenvalue weighted by Gasteiger charge is -2.39. The molecule has 3 heterocycles. The normalized spacial score (nSPS) is 31.0. The second-order valence-corrected chi connectivity index (χ2v) is 7.63. The van der Waals surface area contributed by atoms with E-state index in [2.05, 4.69) is 16.3 Å². The standard InChI is InChI=1S/C19H24N2O4/c22-19(20-13-2-3-13)15-9-21(10-18-14(15)5-6-23-18)8-12-1-4-16-17(7-12)25-11-24-16/h1,4,7,13-15,18H,2-3,5-6,8-11H2,(H,20,22)/t14-,15-,18+/m0/s1. The first-order chi connectivity index (χ1) is 12.3. The van der Waals surface area contributed by atoms with E-state index in [-0.39, 0.29) is 17.9 Å². The summed E-state index contributed by atoms with van der Waals surface area (Å²) in [5.41, 5.74) is 1.18. The van der Waals surface area contributed by atoms with Crippen LogP contribution in [0.4, 0.5) is 0 Å². The van der Waals surface area contributed by atoms with E-state index in [0.717, 1.165) is 57.0 Å². The fourth-order valence-corrected chi connectivity index (χ4v) is 4.30. The highest BCUT2D eigenvalue weighted by atomic mass is 16.7. The van der Waals surface area contributed by atoms with Gasteiger partial charge >= 0.3 is 0 Å². The number of ether oxygens (including phenoxy) is 3. The number of piperidine rings is 1. The largest absolute Gasteiger partial charge is 0.454 e. The molecule has 1 aromatic rings. The van der Waals surface area contributed by atoms with Crippen LogP contribution >= 0.6 is 0 Å². The third kappa shape index (κ3) is 3.09. The Hall–Kier alpha value is -1.79. The van der Waals surface area contributed by atoms with Gasteiger partial charge in [-0.1, -0.05) is 6.07 Å². The maximum atomic E-state index is 12.7. The minimum atomic E-state index is 0.0378. The van der Waals surface area contributed by atoms with Crippen LogP contribution in [0.5, 0.6) is 11.5 Å². The SMILES string of the molecule is O=C(NC1CC1)[C@H]1CN(Cc2ccc3c(c2)OCO3)C[C@H]2OCC[C@@H]12. The Kier molecular flexibility index (Phi) is 3.82. The lowest BCUT2D eigenvalue weighted by atomic mass is 9.82. The topological polar surface area (TPSA) is 60.0 Å². The van der Waals surface area contributed by atoms with E-state index in [0.29, 0.717) is 18.8 Å². The van der Waals surface area contributed by atoms with Gasteiger partial charge in [0.1, 0.15) is 0 Å². The molecule has 3 atom stereocenters. The van der Waals surface area contributed by atoms with Crippen molar-refractivity contribution in [1.29, 1.82) is 0 Å². The minimum absolute atomic E-state index is 0.0378. The van der Waals surface area contributed by atoms with Gasteiger partial charge in [0.2, 0.25) is 12.7 Å². The van der Waals surface area contributed by atoms with Gasteiger partial charge in [-0.05, 0) is 37.0 Å². The highest BCUT2D eigenvalue weighted by molar-refractivity contribution is 5.80. The number of fused-ring (bicyclic) bond motifs is 2. The first-order valence-electron chi connectivity index (χ1n) is 9.29. The summed E-state index contributed by atoms with van der Waals surface area (Å²) in [7, 11) is 0. The quantitative estimate of drug-likeness (QED) is 0.898. The summed E-state index contributed by atoms with van der Waals surface area (Å²) in [5.74, 6) is 2.25. The van der Waals surface area contributed by atoms with Crippen LogP contribution in [0.25, 0.3) is 0 Å². The molecule has 0 bridgehead atoms. The molecule has 0 radical (unpaired) electrons. The molecular formula is C19H24N2O4. The van der Waals surface area contributed by atoms with Gasteiger partial charge in [-0.3, -0.25) is 9.69 Å². The molecule has 4 aliphatic rings. The first kappa shape index (κ1) is 15.5. The predicted molar refractivity (Wildman–Crippen MR) is 90.3 cm³/mol. The van der Waals surface area contributed by atoms with E-state index in [4.69, 9.17) is 14.2 Å². The number of carbonyl (C=O) groups is 1. The number of likely N-dealkylation sites (tertiary alicyclic amines) is 1. The molecule has 6 heteroatoms. The van der Waals surface area contributed by atoms with E-state index in [1.807, 2.05) is 12.1 Å². The Bertz CT molecular complexity index is 675. The number of nitrogens with one attached hydrogen (secondary N) is 1. The highest BCUT2D eigenvalue weighted by Gasteiger charge is 2.44. The fraction of sp³-hybridized carbons (Fsp3) is 0.632. The summed E-state index contributed by atoms with van der Waals surface area (Å²) in [4.78, 5) is 15.1. The van der Waals surface area contributed by atoms with E-state index >= 15 is 0 Å². The average Bonchev–Trinajstić information content (AvgIpc) is 3.10. The van der Waals surface area contributed by atoms with Crippen LogP contribution in [0.15, 0.2) is 18.2 Å². The van der Waals surface area contributed by atoms with E-state index < -0.39 is 0 Å². The van der Waals surface area contributed by atoms with Crippen LogP contribution in [0.1, 0.15) is 24.8 Å². The molecule has 1 aromatic carbocycles. The van der Waals surface area contributed by atoms with Crippen molar-refractivity contribution < 1.29 is 19.0 Å². The molecule has 0 spiro atoms. The predicted octanol–water partition coefficient (Wildman–Crippen LogP) is 1.53. The number of rotatable bonds is 4. The zero-order valence-electron chi connectivity index (χ0n) is 14.3. The molecule has 1 saturated carbocycles. The summed E-state index contributed by atoms with van der Waals surface area (Å²) in [5, 5.41) is 3.20. The van der Waals surface area contributed by atoms with Gasteiger partial charge < -0.3 is 19.5 Å². The van der Waals surface area contributed by atoms with Crippen LogP contribution in [-0.2, 0) is 16.1 Å². The van der Waals surface area contributed by atoms with Crippen molar-refractivity contribution in [2.24, 2.45) is 11.8 Å². The average molecular weight is 344 g/mol. The Morgan fingerprint density at radius 2 is 2.04 bits per heavy atom. The van der Waals surface area contributed by atoms with Crippen molar-refractivity contribution in [2.75, 3.05) is 26.5 Å². The number of hydrogen-bond donors (Lipinski definition) is 1. The van der Waals surface area contributed by atoms with Crippen molar-refractivity contribution in [3.63, 3.8) is 0 Å². The lowest BCUT2D eigenvalue weighted by molar-refractivity contribution is -0.131.